The van der Waals surface area contributed by atoms with Crippen LogP contribution in [0.3, 0.4) is 0 Å². The summed E-state index contributed by atoms with van der Waals surface area (Å²) in [4.78, 5) is 3.96. The van der Waals surface area contributed by atoms with Crippen LogP contribution in [0.25, 0.3) is 0 Å². The van der Waals surface area contributed by atoms with Crippen LogP contribution in [0.5, 0.6) is 0 Å². The molecule has 3 heteroatoms. The maximum absolute atomic E-state index is 3.96. The van der Waals surface area contributed by atoms with E-state index in [0.29, 0.717) is 6.54 Å². The first-order valence-electron chi connectivity index (χ1n) is 2.33. The van der Waals surface area contributed by atoms with E-state index < -0.39 is 0 Å². The van der Waals surface area contributed by atoms with Gasteiger partial charge in [-0.15, -0.1) is 0 Å². The standard InChI is InChI=1S/C5H6N2S/c1-2-6-3-4-7-8-5-1/h1-2,4-5H,3H2. The highest BCUT2D eigenvalue weighted by molar-refractivity contribution is 8.01. The third-order valence-corrected chi connectivity index (χ3v) is 1.20. The number of rotatable bonds is 0. The van der Waals surface area contributed by atoms with Gasteiger partial charge >= 0.3 is 0 Å². The Hall–Kier alpha value is -0.570. The van der Waals surface area contributed by atoms with E-state index >= 15 is 0 Å². The van der Waals surface area contributed by atoms with Crippen LogP contribution in [0.15, 0.2) is 20.9 Å². The molecule has 0 radical (unpaired) electrons. The van der Waals surface area contributed by atoms with Gasteiger partial charge in [0.2, 0.25) is 0 Å². The minimum absolute atomic E-state index is 0.706. The molecule has 1 aliphatic heterocycles. The van der Waals surface area contributed by atoms with Gasteiger partial charge in [0.25, 0.3) is 0 Å². The van der Waals surface area contributed by atoms with Gasteiger partial charge in [-0.3, -0.25) is 4.99 Å². The summed E-state index contributed by atoms with van der Waals surface area (Å²) in [5.41, 5.74) is 0. The Morgan fingerprint density at radius 3 is 3.50 bits per heavy atom. The molecule has 0 N–H and O–H groups in total. The molecule has 1 rings (SSSR count). The van der Waals surface area contributed by atoms with Gasteiger partial charge in [-0.25, -0.2) is 4.40 Å². The summed E-state index contributed by atoms with van der Waals surface area (Å²) >= 11 is 1.43. The van der Waals surface area contributed by atoms with E-state index in [1.165, 1.54) is 11.9 Å². The van der Waals surface area contributed by atoms with Gasteiger partial charge in [0.1, 0.15) is 0 Å². The van der Waals surface area contributed by atoms with Crippen molar-refractivity contribution in [3.8, 4) is 0 Å². The molecule has 0 aromatic carbocycles. The van der Waals surface area contributed by atoms with Crippen molar-refractivity contribution in [1.29, 1.82) is 0 Å². The van der Waals surface area contributed by atoms with Crippen molar-refractivity contribution in [1.82, 2.24) is 0 Å². The van der Waals surface area contributed by atoms with Crippen molar-refractivity contribution in [3.63, 3.8) is 0 Å². The van der Waals surface area contributed by atoms with Crippen LogP contribution in [-0.2, 0) is 0 Å². The van der Waals surface area contributed by atoms with Crippen LogP contribution < -0.4 is 0 Å². The van der Waals surface area contributed by atoms with Crippen LogP contribution in [-0.4, -0.2) is 19.0 Å². The molecule has 0 bridgehead atoms. The van der Waals surface area contributed by atoms with Crippen molar-refractivity contribution in [3.05, 3.63) is 11.5 Å². The molecule has 8 heavy (non-hydrogen) atoms. The van der Waals surface area contributed by atoms with Crippen LogP contribution in [0.2, 0.25) is 0 Å². The molecular formula is C5H6N2S. The van der Waals surface area contributed by atoms with Gasteiger partial charge in [0.05, 0.1) is 6.54 Å². The lowest BCUT2D eigenvalue weighted by atomic mass is 10.6. The second-order valence-electron chi connectivity index (χ2n) is 1.24. The largest absolute Gasteiger partial charge is 0.287 e. The Kier molecular flexibility index (Phi) is 2.39. The molecule has 0 amide bonds. The highest BCUT2D eigenvalue weighted by Gasteiger charge is 1.75. The zero-order valence-corrected chi connectivity index (χ0v) is 5.14. The smallest absolute Gasteiger partial charge is 0.0749 e. The zero-order valence-electron chi connectivity index (χ0n) is 4.32. The minimum Gasteiger partial charge on any atom is -0.287 e. The second kappa shape index (κ2) is 3.43. The van der Waals surface area contributed by atoms with E-state index in [4.69, 9.17) is 0 Å². The first-order chi connectivity index (χ1) is 4.00. The molecule has 0 fully saturated rings. The summed E-state index contributed by atoms with van der Waals surface area (Å²) in [6, 6.07) is 0. The van der Waals surface area contributed by atoms with Crippen molar-refractivity contribution in [2.45, 2.75) is 0 Å². The zero-order chi connectivity index (χ0) is 5.66. The summed E-state index contributed by atoms with van der Waals surface area (Å²) in [5, 5.41) is 1.89. The average molecular weight is 126 g/mol. The second-order valence-corrected chi connectivity index (χ2v) is 1.93. The lowest BCUT2D eigenvalue weighted by Gasteiger charge is -1.84. The summed E-state index contributed by atoms with van der Waals surface area (Å²) in [6.07, 6.45) is 5.43. The fraction of sp³-hybridized carbons (Fsp3) is 0.200. The normalized spacial score (nSPS) is 18.0. The molecule has 0 aliphatic carbocycles. The van der Waals surface area contributed by atoms with E-state index in [1.54, 1.807) is 12.4 Å². The monoisotopic (exact) mass is 126 g/mol. The van der Waals surface area contributed by atoms with E-state index in [0.717, 1.165) is 0 Å². The third-order valence-electron chi connectivity index (χ3n) is 0.653. The van der Waals surface area contributed by atoms with Crippen molar-refractivity contribution in [2.75, 3.05) is 6.54 Å². The molecule has 0 unspecified atom stereocenters. The summed E-state index contributed by atoms with van der Waals surface area (Å²) < 4.78 is 3.92. The topological polar surface area (TPSA) is 24.7 Å². The number of nitrogens with zero attached hydrogens (tertiary/aromatic N) is 2. The first-order valence-corrected chi connectivity index (χ1v) is 3.16. The maximum Gasteiger partial charge on any atom is 0.0749 e. The Bertz CT molecular complexity index is 121. The van der Waals surface area contributed by atoms with Crippen LogP contribution in [0.1, 0.15) is 0 Å². The number of hydrogen-bond acceptors (Lipinski definition) is 3. The van der Waals surface area contributed by atoms with Crippen LogP contribution in [0.4, 0.5) is 0 Å². The molecule has 0 aromatic heterocycles. The SMILES string of the molecule is C1=CSN=CCN=C1. The predicted molar refractivity (Wildman–Crippen MR) is 38.6 cm³/mol. The molecule has 0 saturated carbocycles. The highest BCUT2D eigenvalue weighted by atomic mass is 32.2. The Labute approximate surface area is 52.6 Å². The van der Waals surface area contributed by atoms with E-state index in [9.17, 15) is 0 Å². The summed E-state index contributed by atoms with van der Waals surface area (Å²) in [6.45, 7) is 0.706. The molecule has 42 valence electrons. The lowest BCUT2D eigenvalue weighted by Crippen LogP contribution is -1.80. The quantitative estimate of drug-likeness (QED) is 0.449. The fourth-order valence-electron chi connectivity index (χ4n) is 0.351. The van der Waals surface area contributed by atoms with Gasteiger partial charge < -0.3 is 0 Å². The molecule has 2 nitrogen and oxygen atoms in total. The first kappa shape index (κ1) is 5.56. The summed E-state index contributed by atoms with van der Waals surface area (Å²) in [7, 11) is 0. The summed E-state index contributed by atoms with van der Waals surface area (Å²) in [5.74, 6) is 0. The number of allylic oxidation sites excluding steroid dienone is 1. The van der Waals surface area contributed by atoms with Crippen molar-refractivity contribution < 1.29 is 0 Å². The highest BCUT2D eigenvalue weighted by Crippen LogP contribution is 2.01. The van der Waals surface area contributed by atoms with Crippen LogP contribution >= 0.6 is 11.9 Å². The minimum atomic E-state index is 0.706. The fourth-order valence-corrected chi connectivity index (χ4v) is 0.714. The molecule has 0 spiro atoms. The van der Waals surface area contributed by atoms with E-state index in [2.05, 4.69) is 9.39 Å². The average Bonchev–Trinajstić information content (AvgIpc) is 1.62. The van der Waals surface area contributed by atoms with Gasteiger partial charge in [-0.2, -0.15) is 0 Å². The lowest BCUT2D eigenvalue weighted by molar-refractivity contribution is 1.35. The predicted octanol–water partition coefficient (Wildman–Crippen LogP) is 1.30. The third kappa shape index (κ3) is 1.93. The van der Waals surface area contributed by atoms with Crippen molar-refractivity contribution >= 4 is 24.4 Å². The van der Waals surface area contributed by atoms with E-state index in [1.807, 2.05) is 11.5 Å². The van der Waals surface area contributed by atoms with Gasteiger partial charge in [-0.1, -0.05) is 0 Å². The Morgan fingerprint density at radius 2 is 2.50 bits per heavy atom. The Morgan fingerprint density at radius 1 is 1.50 bits per heavy atom. The van der Waals surface area contributed by atoms with Gasteiger partial charge in [-0.05, 0) is 11.5 Å². The van der Waals surface area contributed by atoms with Gasteiger partial charge in [0.15, 0.2) is 0 Å². The molecule has 0 atom stereocenters. The Balaban J connectivity index is 2.51. The molecule has 0 aromatic rings. The van der Waals surface area contributed by atoms with Crippen LogP contribution in [0, 0.1) is 0 Å². The molecular weight excluding hydrogens is 120 g/mol. The maximum atomic E-state index is 3.96. The number of aliphatic imine (C=N–C) groups is 1. The van der Waals surface area contributed by atoms with E-state index in [-0.39, 0.29) is 0 Å². The van der Waals surface area contributed by atoms with Crippen molar-refractivity contribution in [2.24, 2.45) is 9.39 Å². The molecule has 1 aliphatic rings. The molecule has 1 heterocycles. The number of hydrogen-bond donors (Lipinski definition) is 0. The molecule has 0 saturated heterocycles. The van der Waals surface area contributed by atoms with Gasteiger partial charge in [0, 0.05) is 24.4 Å².